The Morgan fingerprint density at radius 1 is 1.18 bits per heavy atom. The topological polar surface area (TPSA) is 39.2 Å². The van der Waals surface area contributed by atoms with Crippen LogP contribution in [0.15, 0.2) is 48.8 Å². The van der Waals surface area contributed by atoms with Crippen LogP contribution in [0.4, 0.5) is 0 Å². The van der Waals surface area contributed by atoms with Crippen molar-refractivity contribution in [1.82, 2.24) is 4.98 Å². The number of aryl methyl sites for hydroxylation is 2. The zero-order valence-corrected chi connectivity index (χ0v) is 17.4. The monoisotopic (exact) mass is 381 g/mol. The molecule has 0 spiro atoms. The lowest BCUT2D eigenvalue weighted by Crippen LogP contribution is -2.57. The summed E-state index contributed by atoms with van der Waals surface area (Å²) < 4.78 is 6.30. The van der Waals surface area contributed by atoms with E-state index in [-0.39, 0.29) is 12.1 Å². The lowest BCUT2D eigenvalue weighted by Gasteiger charge is -2.36. The molecule has 1 aromatic carbocycles. The van der Waals surface area contributed by atoms with Crippen LogP contribution < -0.4 is 0 Å². The quantitative estimate of drug-likeness (QED) is 0.626. The van der Waals surface area contributed by atoms with E-state index in [1.165, 1.54) is 11.1 Å². The number of hydrogen-bond acceptors (Lipinski definition) is 3. The molecule has 2 aromatic rings. The molecule has 1 saturated heterocycles. The molecule has 4 heteroatoms. The van der Waals surface area contributed by atoms with Crippen LogP contribution >= 0.6 is 0 Å². The van der Waals surface area contributed by atoms with Crippen molar-refractivity contribution >= 4 is 5.91 Å². The smallest absolute Gasteiger partial charge is 0.329 e. The van der Waals surface area contributed by atoms with Crippen LogP contribution in [-0.2, 0) is 17.6 Å². The van der Waals surface area contributed by atoms with Crippen molar-refractivity contribution in [3.63, 3.8) is 0 Å². The van der Waals surface area contributed by atoms with Crippen molar-refractivity contribution in [2.75, 3.05) is 20.2 Å². The molecule has 150 valence electrons. The van der Waals surface area contributed by atoms with Crippen molar-refractivity contribution in [1.29, 1.82) is 0 Å². The van der Waals surface area contributed by atoms with Crippen LogP contribution in [0.25, 0.3) is 0 Å². The minimum atomic E-state index is -0.0171. The number of pyridine rings is 1. The number of nitrogens with zero attached hydrogens (tertiary/aromatic N) is 2. The predicted molar refractivity (Wildman–Crippen MR) is 112 cm³/mol. The Bertz CT molecular complexity index is 752. The minimum Gasteiger partial charge on any atom is -0.329 e. The maximum absolute atomic E-state index is 13.4. The van der Waals surface area contributed by atoms with E-state index in [4.69, 9.17) is 4.74 Å². The molecule has 2 heterocycles. The predicted octanol–water partition coefficient (Wildman–Crippen LogP) is 4.64. The molecule has 0 radical (unpaired) electrons. The Morgan fingerprint density at radius 2 is 1.93 bits per heavy atom. The zero-order valence-electron chi connectivity index (χ0n) is 17.4. The van der Waals surface area contributed by atoms with Crippen molar-refractivity contribution in [3.05, 3.63) is 65.5 Å². The van der Waals surface area contributed by atoms with E-state index < -0.39 is 0 Å². The van der Waals surface area contributed by atoms with Gasteiger partial charge in [0.05, 0.1) is 25.8 Å². The third kappa shape index (κ3) is 5.06. The summed E-state index contributed by atoms with van der Waals surface area (Å²) in [6.45, 7) is 6.01. The maximum atomic E-state index is 13.4. The lowest BCUT2D eigenvalue weighted by molar-refractivity contribution is -0.878. The van der Waals surface area contributed by atoms with Crippen molar-refractivity contribution in [2.24, 2.45) is 5.92 Å². The molecular weight excluding hydrogens is 348 g/mol. The summed E-state index contributed by atoms with van der Waals surface area (Å²) in [6.07, 6.45) is 8.63. The molecule has 28 heavy (non-hydrogen) atoms. The summed E-state index contributed by atoms with van der Waals surface area (Å²) in [6, 6.07) is 12.2. The number of ether oxygens (including phenoxy) is 1. The van der Waals surface area contributed by atoms with E-state index in [1.54, 1.807) is 6.20 Å². The first-order chi connectivity index (χ1) is 13.5. The molecule has 2 unspecified atom stereocenters. The molecule has 2 atom stereocenters. The van der Waals surface area contributed by atoms with Crippen molar-refractivity contribution < 1.29 is 14.0 Å². The molecule has 1 amide bonds. The van der Waals surface area contributed by atoms with Gasteiger partial charge in [-0.2, -0.15) is 0 Å². The highest BCUT2D eigenvalue weighted by Crippen LogP contribution is 2.27. The van der Waals surface area contributed by atoms with Gasteiger partial charge in [0.2, 0.25) is 0 Å². The molecule has 4 nitrogen and oxygen atoms in total. The van der Waals surface area contributed by atoms with E-state index in [2.05, 4.69) is 44.1 Å². The van der Waals surface area contributed by atoms with Gasteiger partial charge in [0.1, 0.15) is 0 Å². The largest absolute Gasteiger partial charge is 0.347 e. The Morgan fingerprint density at radius 3 is 2.54 bits per heavy atom. The number of rotatable bonds is 8. The zero-order chi connectivity index (χ0) is 20.0. The van der Waals surface area contributed by atoms with E-state index in [0.717, 1.165) is 50.8 Å². The van der Waals surface area contributed by atoms with Gasteiger partial charge >= 0.3 is 5.91 Å². The Balaban J connectivity index is 1.70. The number of carbonyl (C=O) groups excluding carboxylic acids is 1. The molecule has 1 aliphatic heterocycles. The Kier molecular flexibility index (Phi) is 6.97. The molecule has 0 saturated carbocycles. The Hall–Kier alpha value is -2.04. The van der Waals surface area contributed by atoms with E-state index in [9.17, 15) is 4.79 Å². The van der Waals surface area contributed by atoms with Gasteiger partial charge in [-0.3, -0.25) is 4.98 Å². The first kappa shape index (κ1) is 20.7. The lowest BCUT2D eigenvalue weighted by atomic mass is 10.0. The number of aromatic nitrogens is 1. The molecule has 1 fully saturated rings. The highest BCUT2D eigenvalue weighted by atomic mass is 16.5. The first-order valence-electron chi connectivity index (χ1n) is 10.5. The van der Waals surface area contributed by atoms with Crippen LogP contribution in [0.2, 0.25) is 0 Å². The molecular formula is C24H33N2O2+. The molecule has 0 aliphatic carbocycles. The van der Waals surface area contributed by atoms with Gasteiger partial charge < -0.3 is 4.74 Å². The summed E-state index contributed by atoms with van der Waals surface area (Å²) in [4.78, 5) is 17.6. The fraction of sp³-hybridized carbons (Fsp3) is 0.500. The van der Waals surface area contributed by atoms with Crippen LogP contribution in [-0.4, -0.2) is 41.8 Å². The van der Waals surface area contributed by atoms with Gasteiger partial charge in [0.25, 0.3) is 0 Å². The summed E-state index contributed by atoms with van der Waals surface area (Å²) >= 11 is 0. The summed E-state index contributed by atoms with van der Waals surface area (Å²) in [5, 5.41) is 0. The van der Waals surface area contributed by atoms with Crippen LogP contribution in [0.3, 0.4) is 0 Å². The van der Waals surface area contributed by atoms with Crippen LogP contribution in [0, 0.1) is 5.92 Å². The van der Waals surface area contributed by atoms with Crippen LogP contribution in [0.1, 0.15) is 54.6 Å². The SMILES string of the molecule is CC(C)CC[N+](C)(C(=O)c1ccc(CCc2cccnc2)cc1)C1CCCO1. The highest BCUT2D eigenvalue weighted by Gasteiger charge is 2.43. The van der Waals surface area contributed by atoms with Gasteiger partial charge in [-0.15, -0.1) is 0 Å². The number of benzene rings is 1. The Labute approximate surface area is 169 Å². The minimum absolute atomic E-state index is 0.0171. The second-order valence-electron chi connectivity index (χ2n) is 8.50. The van der Waals surface area contributed by atoms with Gasteiger partial charge in [-0.25, -0.2) is 9.28 Å². The van der Waals surface area contributed by atoms with Crippen LogP contribution in [0.5, 0.6) is 0 Å². The van der Waals surface area contributed by atoms with E-state index >= 15 is 0 Å². The van der Waals surface area contributed by atoms with Gasteiger partial charge in [-0.05, 0) is 60.9 Å². The molecule has 0 N–H and O–H groups in total. The number of amides is 1. The van der Waals surface area contributed by atoms with E-state index in [1.807, 2.05) is 24.4 Å². The van der Waals surface area contributed by atoms with Crippen molar-refractivity contribution in [3.8, 4) is 0 Å². The van der Waals surface area contributed by atoms with Gasteiger partial charge in [0, 0.05) is 18.8 Å². The second-order valence-corrected chi connectivity index (χ2v) is 8.50. The summed E-state index contributed by atoms with van der Waals surface area (Å²) in [5.74, 6) is 0.743. The number of hydrogen-bond donors (Lipinski definition) is 0. The molecule has 3 rings (SSSR count). The highest BCUT2D eigenvalue weighted by molar-refractivity contribution is 5.89. The standard InChI is InChI=1S/C24H33N2O2/c1-19(2)14-16-26(3,23-7-5-17-28-23)24(27)22-12-10-20(11-13-22)8-9-21-6-4-15-25-18-21/h4,6,10-13,15,18-19,23H,5,7-9,14,16-17H2,1-3H3/q+1. The average Bonchev–Trinajstić information content (AvgIpc) is 3.27. The second kappa shape index (κ2) is 9.44. The molecule has 0 bridgehead atoms. The maximum Gasteiger partial charge on any atom is 0.347 e. The molecule has 1 aromatic heterocycles. The van der Waals surface area contributed by atoms with Gasteiger partial charge in [-0.1, -0.05) is 32.0 Å². The van der Waals surface area contributed by atoms with Crippen molar-refractivity contribution in [2.45, 2.75) is 52.2 Å². The normalized spacial score (nSPS) is 18.9. The third-order valence-electron chi connectivity index (χ3n) is 5.80. The third-order valence-corrected chi connectivity index (χ3v) is 5.80. The van der Waals surface area contributed by atoms with E-state index in [0.29, 0.717) is 10.4 Å². The fourth-order valence-corrected chi connectivity index (χ4v) is 3.86. The first-order valence-corrected chi connectivity index (χ1v) is 10.5. The summed E-state index contributed by atoms with van der Waals surface area (Å²) in [5.41, 5.74) is 3.26. The molecule has 1 aliphatic rings. The van der Waals surface area contributed by atoms with Gasteiger partial charge in [0.15, 0.2) is 6.23 Å². The fourth-order valence-electron chi connectivity index (χ4n) is 3.86. The average molecular weight is 382 g/mol. The summed E-state index contributed by atoms with van der Waals surface area (Å²) in [7, 11) is 2.05. The number of quaternary nitrogens is 1. The number of carbonyl (C=O) groups is 1.